The number of halogens is 4. The average Bonchev–Trinajstić information content (AvgIpc) is 0. The van der Waals surface area contributed by atoms with Gasteiger partial charge in [-0.05, 0) is 0 Å². The molecule has 0 heterocycles. The van der Waals surface area contributed by atoms with Gasteiger partial charge < -0.3 is 18.8 Å². The van der Waals surface area contributed by atoms with Crippen LogP contribution in [0.3, 0.4) is 0 Å². The Bertz CT molecular complexity index is 7.51. The van der Waals surface area contributed by atoms with Crippen LogP contribution < -0.4 is 37.7 Å². The van der Waals surface area contributed by atoms with E-state index in [1.54, 1.807) is 0 Å². The third-order valence-corrected chi connectivity index (χ3v) is 0. The van der Waals surface area contributed by atoms with Gasteiger partial charge in [0, 0.05) is 0 Å². The minimum absolute atomic E-state index is 0. The predicted octanol–water partition coefficient (Wildman–Crippen LogP) is -15.0. The van der Waals surface area contributed by atoms with Gasteiger partial charge in [0.05, 0.1) is 0 Å². The SMILES string of the molecule is [Cr+3].[F-].[F-].[F-].[F-].[Li+]. The van der Waals surface area contributed by atoms with Crippen molar-refractivity contribution in [2.75, 3.05) is 0 Å². The van der Waals surface area contributed by atoms with Crippen LogP contribution in [0.15, 0.2) is 0 Å². The third kappa shape index (κ3) is 99.5. The van der Waals surface area contributed by atoms with Gasteiger partial charge in [-0.1, -0.05) is 0 Å². The van der Waals surface area contributed by atoms with Crippen LogP contribution >= 0.6 is 0 Å². The van der Waals surface area contributed by atoms with Gasteiger partial charge in [0.25, 0.3) is 0 Å². The second-order valence-corrected chi connectivity index (χ2v) is 0. The maximum atomic E-state index is 0. The molecule has 0 amide bonds. The van der Waals surface area contributed by atoms with E-state index in [9.17, 15) is 0 Å². The second kappa shape index (κ2) is 191. The fourth-order valence-electron chi connectivity index (χ4n) is 0. The Balaban J connectivity index is 0. The average molecular weight is 135 g/mol. The predicted molar refractivity (Wildman–Crippen MR) is 0 cm³/mol. The molecule has 0 aliphatic rings. The summed E-state index contributed by atoms with van der Waals surface area (Å²) >= 11 is 0. The van der Waals surface area contributed by atoms with E-state index in [1.807, 2.05) is 0 Å². The maximum Gasteiger partial charge on any atom is 3.00 e. The van der Waals surface area contributed by atoms with Gasteiger partial charge in [-0.15, -0.1) is 0 Å². The van der Waals surface area contributed by atoms with Crippen molar-refractivity contribution in [3.05, 3.63) is 0 Å². The largest absolute Gasteiger partial charge is 3.00 e. The van der Waals surface area contributed by atoms with Gasteiger partial charge in [-0.2, -0.15) is 0 Å². The van der Waals surface area contributed by atoms with E-state index in [2.05, 4.69) is 0 Å². The Morgan fingerprint density at radius 1 is 0.500 bits per heavy atom. The molecule has 0 aromatic carbocycles. The summed E-state index contributed by atoms with van der Waals surface area (Å²) in [5.74, 6) is 0. The number of hydrogen-bond acceptors (Lipinski definition) is 0. The molecule has 0 unspecified atom stereocenters. The second-order valence-electron chi connectivity index (χ2n) is 0. The quantitative estimate of drug-likeness (QED) is 0.228. The van der Waals surface area contributed by atoms with Gasteiger partial charge >= 0.3 is 36.2 Å². The van der Waals surface area contributed by atoms with E-state index < -0.39 is 0 Å². The molecule has 0 aliphatic heterocycles. The van der Waals surface area contributed by atoms with Crippen LogP contribution in [0.2, 0.25) is 0 Å². The molecule has 1 radical (unpaired) electrons. The van der Waals surface area contributed by atoms with Gasteiger partial charge in [-0.25, -0.2) is 0 Å². The maximum absolute atomic E-state index is 0. The van der Waals surface area contributed by atoms with E-state index in [1.165, 1.54) is 0 Å². The number of hydrogen-bond donors (Lipinski definition) is 0. The zero-order chi connectivity index (χ0) is 0. The van der Waals surface area contributed by atoms with E-state index in [0.717, 1.165) is 0 Å². The molecule has 0 aromatic heterocycles. The van der Waals surface area contributed by atoms with E-state index in [0.29, 0.717) is 0 Å². The fourth-order valence-corrected chi connectivity index (χ4v) is 0. The molecule has 0 bridgehead atoms. The molecule has 0 saturated heterocycles. The molecule has 6 heteroatoms. The van der Waals surface area contributed by atoms with Gasteiger partial charge in [0.2, 0.25) is 0 Å². The van der Waals surface area contributed by atoms with Crippen LogP contribution in [0.5, 0.6) is 0 Å². The fraction of sp³-hybridized carbons (Fsp3) is 0. The van der Waals surface area contributed by atoms with Crippen LogP contribution in [0.1, 0.15) is 0 Å². The van der Waals surface area contributed by atoms with Crippen molar-refractivity contribution in [2.24, 2.45) is 0 Å². The van der Waals surface area contributed by atoms with E-state index >= 15 is 0 Å². The Hall–Kier alpha value is 0.850. The summed E-state index contributed by atoms with van der Waals surface area (Å²) in [5.41, 5.74) is 0. The van der Waals surface area contributed by atoms with Crippen molar-refractivity contribution in [2.45, 2.75) is 0 Å². The molecule has 0 saturated carbocycles. The monoisotopic (exact) mass is 135 g/mol. The summed E-state index contributed by atoms with van der Waals surface area (Å²) in [4.78, 5) is 0. The zero-order valence-electron chi connectivity index (χ0n) is 2.92. The molecule has 0 aliphatic carbocycles. The van der Waals surface area contributed by atoms with Crippen molar-refractivity contribution < 1.29 is 55.0 Å². The Morgan fingerprint density at radius 3 is 0.500 bits per heavy atom. The smallest absolute Gasteiger partial charge is 1.00 e. The normalized spacial score (nSPS) is 0. The van der Waals surface area contributed by atoms with Crippen LogP contribution in [0.4, 0.5) is 0 Å². The summed E-state index contributed by atoms with van der Waals surface area (Å²) in [6.07, 6.45) is 0. The van der Waals surface area contributed by atoms with Gasteiger partial charge in [-0.3, -0.25) is 0 Å². The molecule has 35 valence electrons. The van der Waals surface area contributed by atoms with Gasteiger partial charge in [0.1, 0.15) is 0 Å². The molecule has 0 spiro atoms. The van der Waals surface area contributed by atoms with Crippen molar-refractivity contribution in [1.82, 2.24) is 0 Å². The van der Waals surface area contributed by atoms with Crippen LogP contribution in [-0.2, 0) is 17.4 Å². The summed E-state index contributed by atoms with van der Waals surface area (Å²) in [6.45, 7) is 0. The van der Waals surface area contributed by atoms with Crippen LogP contribution in [0.25, 0.3) is 0 Å². The van der Waals surface area contributed by atoms with E-state index in [4.69, 9.17) is 0 Å². The first kappa shape index (κ1) is 325. The van der Waals surface area contributed by atoms with Gasteiger partial charge in [0.15, 0.2) is 0 Å². The minimum Gasteiger partial charge on any atom is -1.00 e. The molecule has 6 heavy (non-hydrogen) atoms. The summed E-state index contributed by atoms with van der Waals surface area (Å²) in [5, 5.41) is 0. The Kier molecular flexibility index (Phi) is 10300. The first-order valence-electron chi connectivity index (χ1n) is 0. The molecule has 0 atom stereocenters. The Labute approximate surface area is 55.5 Å². The van der Waals surface area contributed by atoms with Crippen molar-refractivity contribution in [3.8, 4) is 0 Å². The summed E-state index contributed by atoms with van der Waals surface area (Å²) < 4.78 is 0. The van der Waals surface area contributed by atoms with Crippen LogP contribution in [0, 0.1) is 0 Å². The van der Waals surface area contributed by atoms with Crippen molar-refractivity contribution in [1.29, 1.82) is 0 Å². The molecule has 0 nitrogen and oxygen atoms in total. The first-order chi connectivity index (χ1) is 0. The molecule has 0 N–H and O–H groups in total. The Morgan fingerprint density at radius 2 is 0.500 bits per heavy atom. The minimum atomic E-state index is 0. The molecule has 0 fully saturated rings. The molecular formula is CrF4Li. The third-order valence-electron chi connectivity index (χ3n) is 0. The van der Waals surface area contributed by atoms with Crippen LogP contribution in [-0.4, -0.2) is 0 Å². The number of rotatable bonds is 0. The molecule has 0 rings (SSSR count). The summed E-state index contributed by atoms with van der Waals surface area (Å²) in [6, 6.07) is 0. The first-order valence-corrected chi connectivity index (χ1v) is 0. The van der Waals surface area contributed by atoms with Crippen molar-refractivity contribution >= 4 is 0 Å². The molecular weight excluding hydrogens is 135 g/mol. The van der Waals surface area contributed by atoms with E-state index in [-0.39, 0.29) is 55.0 Å². The topological polar surface area (TPSA) is 0 Å². The van der Waals surface area contributed by atoms with Crippen molar-refractivity contribution in [3.63, 3.8) is 0 Å². The standard InChI is InChI=1S/Cr.4FH.Li/h;4*1H;/q+3;;;;;+1/p-4. The molecule has 0 aromatic rings. The zero-order valence-corrected chi connectivity index (χ0v) is 4.20. The summed E-state index contributed by atoms with van der Waals surface area (Å²) in [7, 11) is 0.